The first kappa shape index (κ1) is 21.1. The fourth-order valence-corrected chi connectivity index (χ4v) is 4.84. The van der Waals surface area contributed by atoms with E-state index in [0.29, 0.717) is 5.56 Å². The summed E-state index contributed by atoms with van der Waals surface area (Å²) in [6, 6.07) is 5.90. The molecule has 0 unspecified atom stereocenters. The van der Waals surface area contributed by atoms with Gasteiger partial charge in [-0.05, 0) is 37.1 Å². The summed E-state index contributed by atoms with van der Waals surface area (Å²) in [6.07, 6.45) is 2.60. The third kappa shape index (κ3) is 3.67. The average molecular weight is 413 g/mol. The third-order valence-corrected chi connectivity index (χ3v) is 6.04. The first-order chi connectivity index (χ1) is 13.5. The van der Waals surface area contributed by atoms with Crippen LogP contribution in [0.15, 0.2) is 24.5 Å². The molecule has 29 heavy (non-hydrogen) atoms. The fourth-order valence-electron chi connectivity index (χ4n) is 4.74. The molecule has 1 heterocycles. The Morgan fingerprint density at radius 3 is 2.21 bits per heavy atom. The maximum Gasteiger partial charge on any atom is 0.271 e. The van der Waals surface area contributed by atoms with Gasteiger partial charge < -0.3 is 10.1 Å². The van der Waals surface area contributed by atoms with Crippen molar-refractivity contribution in [2.75, 3.05) is 0 Å². The zero-order chi connectivity index (χ0) is 21.6. The minimum Gasteiger partial charge on any atom is -0.489 e. The number of hydrogen-bond acceptors (Lipinski definition) is 5. The Labute approximate surface area is 176 Å². The second-order valence-corrected chi connectivity index (χ2v) is 9.20. The summed E-state index contributed by atoms with van der Waals surface area (Å²) < 4.78 is 6.37. The van der Waals surface area contributed by atoms with Crippen LogP contribution in [-0.4, -0.2) is 28.0 Å². The molecule has 1 aromatic heterocycles. The van der Waals surface area contributed by atoms with Crippen molar-refractivity contribution >= 4 is 17.5 Å². The molecule has 0 saturated heterocycles. The van der Waals surface area contributed by atoms with E-state index in [1.54, 1.807) is 0 Å². The summed E-state index contributed by atoms with van der Waals surface area (Å²) in [4.78, 5) is 20.6. The Hall–Kier alpha value is -2.65. The monoisotopic (exact) mass is 412 g/mol. The van der Waals surface area contributed by atoms with Crippen LogP contribution in [0.2, 0.25) is 5.15 Å². The minimum atomic E-state index is -0.311. The number of carbonyl (C=O) groups is 1. The zero-order valence-corrected chi connectivity index (χ0v) is 18.3. The Bertz CT molecular complexity index is 954. The largest absolute Gasteiger partial charge is 0.489 e. The van der Waals surface area contributed by atoms with Crippen molar-refractivity contribution in [1.29, 1.82) is 5.26 Å². The number of nitrogens with one attached hydrogen (secondary N) is 1. The van der Waals surface area contributed by atoms with Gasteiger partial charge in [-0.25, -0.2) is 9.97 Å². The summed E-state index contributed by atoms with van der Waals surface area (Å²) in [5, 5.41) is 12.6. The number of ether oxygens (including phenoxy) is 1. The molecule has 1 aliphatic carbocycles. The van der Waals surface area contributed by atoms with Crippen molar-refractivity contribution in [1.82, 2.24) is 15.3 Å². The molecule has 0 radical (unpaired) electrons. The molecule has 2 aromatic rings. The van der Waals surface area contributed by atoms with E-state index >= 15 is 0 Å². The Balaban J connectivity index is 1.79. The van der Waals surface area contributed by atoms with E-state index in [1.807, 2.05) is 26.0 Å². The molecule has 0 bridgehead atoms. The van der Waals surface area contributed by atoms with E-state index in [4.69, 9.17) is 16.3 Å². The van der Waals surface area contributed by atoms with E-state index in [1.165, 1.54) is 12.4 Å². The maximum atomic E-state index is 12.6. The molecular formula is C22H25ClN4O2. The van der Waals surface area contributed by atoms with E-state index in [9.17, 15) is 10.1 Å². The molecule has 1 saturated carbocycles. The second kappa shape index (κ2) is 7.31. The highest BCUT2D eigenvalue weighted by Crippen LogP contribution is 2.55. The van der Waals surface area contributed by atoms with Gasteiger partial charge in [0.2, 0.25) is 0 Å². The van der Waals surface area contributed by atoms with Crippen LogP contribution in [0.3, 0.4) is 0 Å². The van der Waals surface area contributed by atoms with Crippen molar-refractivity contribution in [3.63, 3.8) is 0 Å². The lowest BCUT2D eigenvalue weighted by Gasteiger charge is -2.63. The van der Waals surface area contributed by atoms with Gasteiger partial charge in [0.15, 0.2) is 0 Å². The van der Waals surface area contributed by atoms with E-state index < -0.39 is 0 Å². The van der Waals surface area contributed by atoms with Gasteiger partial charge in [-0.2, -0.15) is 5.26 Å². The van der Waals surface area contributed by atoms with Crippen molar-refractivity contribution in [2.45, 2.75) is 53.7 Å². The van der Waals surface area contributed by atoms with Gasteiger partial charge in [0.1, 0.15) is 22.7 Å². The normalized spacial score (nSPS) is 21.6. The average Bonchev–Trinajstić information content (AvgIpc) is 2.64. The van der Waals surface area contributed by atoms with Crippen LogP contribution < -0.4 is 10.1 Å². The summed E-state index contributed by atoms with van der Waals surface area (Å²) >= 11 is 5.75. The molecule has 0 aliphatic heterocycles. The van der Waals surface area contributed by atoms with Crippen molar-refractivity contribution in [2.24, 2.45) is 10.8 Å². The highest BCUT2D eigenvalue weighted by molar-refractivity contribution is 6.29. The lowest BCUT2D eigenvalue weighted by molar-refractivity contribution is -0.164. The lowest BCUT2D eigenvalue weighted by Crippen LogP contribution is -2.74. The van der Waals surface area contributed by atoms with Gasteiger partial charge in [0.25, 0.3) is 5.91 Å². The Morgan fingerprint density at radius 2 is 1.72 bits per heavy atom. The maximum absolute atomic E-state index is 12.6. The summed E-state index contributed by atoms with van der Waals surface area (Å²) in [7, 11) is 0. The number of benzene rings is 1. The van der Waals surface area contributed by atoms with Crippen LogP contribution in [0.4, 0.5) is 0 Å². The highest BCUT2D eigenvalue weighted by atomic mass is 35.5. The van der Waals surface area contributed by atoms with Crippen LogP contribution in [0.5, 0.6) is 5.75 Å². The molecule has 6 nitrogen and oxygen atoms in total. The first-order valence-corrected chi connectivity index (χ1v) is 9.82. The smallest absolute Gasteiger partial charge is 0.271 e. The summed E-state index contributed by atoms with van der Waals surface area (Å²) in [6.45, 7) is 12.1. The number of amides is 1. The number of rotatable bonds is 4. The predicted molar refractivity (Wildman–Crippen MR) is 111 cm³/mol. The molecule has 7 heteroatoms. The number of nitriles is 1. The van der Waals surface area contributed by atoms with Gasteiger partial charge in [0.05, 0.1) is 24.0 Å². The third-order valence-electron chi connectivity index (χ3n) is 5.84. The van der Waals surface area contributed by atoms with Crippen LogP contribution in [0.25, 0.3) is 0 Å². The Morgan fingerprint density at radius 1 is 1.14 bits per heavy atom. The van der Waals surface area contributed by atoms with E-state index in [0.717, 1.165) is 16.9 Å². The molecule has 3 rings (SSSR count). The van der Waals surface area contributed by atoms with E-state index in [-0.39, 0.29) is 39.7 Å². The summed E-state index contributed by atoms with van der Waals surface area (Å²) in [5.74, 6) is 0.447. The number of hydrogen-bond donors (Lipinski definition) is 1. The SMILES string of the molecule is Cc1cc(O[C@H]2C(C)(C)[C@H](NC(=O)c3cnc(Cl)cn3)C2(C)C)cc(C)c1C#N. The van der Waals surface area contributed by atoms with Crippen LogP contribution in [0.1, 0.15) is 54.9 Å². The Kier molecular flexibility index (Phi) is 5.31. The molecule has 1 fully saturated rings. The number of nitrogens with zero attached hydrogens (tertiary/aromatic N) is 3. The molecule has 1 aromatic carbocycles. The molecular weight excluding hydrogens is 388 g/mol. The number of aromatic nitrogens is 2. The van der Waals surface area contributed by atoms with Gasteiger partial charge >= 0.3 is 0 Å². The standard InChI is InChI=1S/C22H25ClN4O2/c1-12-7-14(8-13(2)15(12)9-24)29-20-21(3,4)19(22(20,5)6)27-18(28)16-10-26-17(23)11-25-16/h7-8,10-11,19-20H,1-6H3,(H,27,28)/t19-,20-. The minimum absolute atomic E-state index is 0.120. The number of carbonyl (C=O) groups excluding carboxylic acids is 1. The zero-order valence-electron chi connectivity index (χ0n) is 17.5. The topological polar surface area (TPSA) is 87.9 Å². The molecule has 1 aliphatic rings. The van der Waals surface area contributed by atoms with Crippen LogP contribution in [-0.2, 0) is 0 Å². The molecule has 0 atom stereocenters. The van der Waals surface area contributed by atoms with Crippen molar-refractivity contribution < 1.29 is 9.53 Å². The van der Waals surface area contributed by atoms with Crippen molar-refractivity contribution in [3.8, 4) is 11.8 Å². The molecule has 1 amide bonds. The van der Waals surface area contributed by atoms with Crippen LogP contribution >= 0.6 is 11.6 Å². The number of aryl methyl sites for hydroxylation is 2. The lowest BCUT2D eigenvalue weighted by atomic mass is 9.49. The van der Waals surface area contributed by atoms with Gasteiger partial charge in [-0.1, -0.05) is 39.3 Å². The van der Waals surface area contributed by atoms with E-state index in [2.05, 4.69) is 49.0 Å². The van der Waals surface area contributed by atoms with Gasteiger partial charge in [-0.15, -0.1) is 0 Å². The van der Waals surface area contributed by atoms with Crippen molar-refractivity contribution in [3.05, 3.63) is 52.1 Å². The van der Waals surface area contributed by atoms with Crippen LogP contribution in [0, 0.1) is 36.0 Å². The summed E-state index contributed by atoms with van der Waals surface area (Å²) in [5.41, 5.74) is 2.07. The fraction of sp³-hybridized carbons (Fsp3) is 0.455. The number of halogens is 1. The van der Waals surface area contributed by atoms with Gasteiger partial charge in [-0.3, -0.25) is 4.79 Å². The highest BCUT2D eigenvalue weighted by Gasteiger charge is 2.64. The quantitative estimate of drug-likeness (QED) is 0.811. The molecule has 152 valence electrons. The van der Waals surface area contributed by atoms with Gasteiger partial charge in [0, 0.05) is 16.9 Å². The predicted octanol–water partition coefficient (Wildman–Crippen LogP) is 4.23. The first-order valence-electron chi connectivity index (χ1n) is 9.45. The molecule has 1 N–H and O–H groups in total. The second-order valence-electron chi connectivity index (χ2n) is 8.82. The molecule has 0 spiro atoms.